The summed E-state index contributed by atoms with van der Waals surface area (Å²) in [6, 6.07) is 0. The van der Waals surface area contributed by atoms with Gasteiger partial charge in [0.2, 0.25) is 10.0 Å². The van der Waals surface area contributed by atoms with Crippen molar-refractivity contribution in [1.29, 1.82) is 0 Å². The molecule has 0 atom stereocenters. The Morgan fingerprint density at radius 1 is 1.59 bits per heavy atom. The molecule has 1 heterocycles. The van der Waals surface area contributed by atoms with Crippen molar-refractivity contribution < 1.29 is 17.9 Å². The highest BCUT2D eigenvalue weighted by Crippen LogP contribution is 1.96. The van der Waals surface area contributed by atoms with Crippen molar-refractivity contribution in [2.24, 2.45) is 0 Å². The van der Waals surface area contributed by atoms with E-state index in [9.17, 15) is 13.2 Å². The predicted molar refractivity (Wildman–Crippen MR) is 60.5 cm³/mol. The summed E-state index contributed by atoms with van der Waals surface area (Å²) in [5.74, 6) is -0.792. The van der Waals surface area contributed by atoms with Crippen molar-refractivity contribution in [3.05, 3.63) is 18.2 Å². The Morgan fingerprint density at radius 2 is 2.35 bits per heavy atom. The summed E-state index contributed by atoms with van der Waals surface area (Å²) >= 11 is 0. The number of nitrogens with one attached hydrogen (secondary N) is 2. The van der Waals surface area contributed by atoms with Crippen LogP contribution in [0.2, 0.25) is 0 Å². The molecule has 0 amide bonds. The molecule has 0 radical (unpaired) electrons. The number of hydrogen-bond donors (Lipinski definition) is 2. The Hall–Kier alpha value is -1.41. The number of rotatable bonds is 7. The number of carbonyl (C=O) groups is 1. The number of carbonyl (C=O) groups excluding carboxylic acids is 1. The highest BCUT2D eigenvalue weighted by atomic mass is 32.2. The topological polar surface area (TPSA) is 101 Å². The SMILES string of the molecule is CCOC(=O)CCS(=O)(=O)NCc1cnc[nH]1. The maximum absolute atomic E-state index is 11.5. The lowest BCUT2D eigenvalue weighted by molar-refractivity contribution is -0.142. The Balaban J connectivity index is 2.33. The van der Waals surface area contributed by atoms with Gasteiger partial charge in [0, 0.05) is 11.9 Å². The summed E-state index contributed by atoms with van der Waals surface area (Å²) in [5, 5.41) is 0. The van der Waals surface area contributed by atoms with Gasteiger partial charge in [-0.3, -0.25) is 4.79 Å². The molecule has 0 aliphatic carbocycles. The van der Waals surface area contributed by atoms with Crippen LogP contribution < -0.4 is 4.72 Å². The largest absolute Gasteiger partial charge is 0.466 e. The molecule has 0 saturated carbocycles. The van der Waals surface area contributed by atoms with Crippen LogP contribution in [0.5, 0.6) is 0 Å². The van der Waals surface area contributed by atoms with E-state index in [-0.39, 0.29) is 25.3 Å². The second-order valence-electron chi connectivity index (χ2n) is 3.27. The maximum atomic E-state index is 11.5. The monoisotopic (exact) mass is 261 g/mol. The van der Waals surface area contributed by atoms with Gasteiger partial charge in [-0.1, -0.05) is 0 Å². The molecule has 17 heavy (non-hydrogen) atoms. The second kappa shape index (κ2) is 6.36. The first-order valence-electron chi connectivity index (χ1n) is 5.13. The van der Waals surface area contributed by atoms with E-state index in [1.165, 1.54) is 12.5 Å². The standard InChI is InChI=1S/C9H15N3O4S/c1-2-16-9(13)3-4-17(14,15)12-6-8-5-10-7-11-8/h5,7,12H,2-4,6H2,1H3,(H,10,11). The third-order valence-corrected chi connectivity index (χ3v) is 3.24. The highest BCUT2D eigenvalue weighted by molar-refractivity contribution is 7.89. The number of imidazole rings is 1. The fourth-order valence-corrected chi connectivity index (χ4v) is 2.05. The van der Waals surface area contributed by atoms with Crippen molar-refractivity contribution in [3.63, 3.8) is 0 Å². The molecule has 0 aliphatic rings. The summed E-state index contributed by atoms with van der Waals surface area (Å²) in [4.78, 5) is 17.5. The number of aromatic amines is 1. The molecule has 0 aliphatic heterocycles. The quantitative estimate of drug-likeness (QED) is 0.661. The summed E-state index contributed by atoms with van der Waals surface area (Å²) in [6.07, 6.45) is 2.84. The first kappa shape index (κ1) is 13.7. The number of H-pyrrole nitrogens is 1. The minimum Gasteiger partial charge on any atom is -0.466 e. The molecule has 0 unspecified atom stereocenters. The fraction of sp³-hybridized carbons (Fsp3) is 0.556. The van der Waals surface area contributed by atoms with Crippen LogP contribution in [-0.2, 0) is 26.1 Å². The molecule has 96 valence electrons. The molecule has 7 nitrogen and oxygen atoms in total. The van der Waals surface area contributed by atoms with Crippen LogP contribution in [0.1, 0.15) is 19.0 Å². The summed E-state index contributed by atoms with van der Waals surface area (Å²) < 4.78 is 30.0. The summed E-state index contributed by atoms with van der Waals surface area (Å²) in [5.41, 5.74) is 0.657. The van der Waals surface area contributed by atoms with E-state index in [1.54, 1.807) is 6.92 Å². The smallest absolute Gasteiger partial charge is 0.306 e. The lowest BCUT2D eigenvalue weighted by atomic mass is 10.5. The maximum Gasteiger partial charge on any atom is 0.306 e. The van der Waals surface area contributed by atoms with E-state index in [2.05, 4.69) is 19.4 Å². The molecule has 1 aromatic heterocycles. The van der Waals surface area contributed by atoms with Gasteiger partial charge in [-0.2, -0.15) is 0 Å². The average Bonchev–Trinajstić information content (AvgIpc) is 2.77. The number of sulfonamides is 1. The number of nitrogens with zero attached hydrogens (tertiary/aromatic N) is 1. The minimum absolute atomic E-state index is 0.130. The van der Waals surface area contributed by atoms with Gasteiger partial charge in [0.1, 0.15) is 0 Å². The first-order valence-corrected chi connectivity index (χ1v) is 6.79. The van der Waals surface area contributed by atoms with Crippen molar-refractivity contribution in [2.45, 2.75) is 19.9 Å². The van der Waals surface area contributed by atoms with Crippen LogP contribution in [-0.4, -0.2) is 36.7 Å². The summed E-state index contributed by atoms with van der Waals surface area (Å²) in [7, 11) is -3.47. The molecule has 0 fully saturated rings. The lowest BCUT2D eigenvalue weighted by Gasteiger charge is -2.05. The molecule has 8 heteroatoms. The first-order chi connectivity index (χ1) is 8.03. The van der Waals surface area contributed by atoms with Gasteiger partial charge in [-0.25, -0.2) is 18.1 Å². The molecule has 2 N–H and O–H groups in total. The molecule has 1 rings (SSSR count). The zero-order valence-corrected chi connectivity index (χ0v) is 10.3. The fourth-order valence-electron chi connectivity index (χ4n) is 1.09. The Labute approximate surface area is 99.6 Å². The van der Waals surface area contributed by atoms with Crippen LogP contribution in [0.25, 0.3) is 0 Å². The molecule has 0 spiro atoms. The van der Waals surface area contributed by atoms with Crippen molar-refractivity contribution in [1.82, 2.24) is 14.7 Å². The zero-order valence-electron chi connectivity index (χ0n) is 9.47. The second-order valence-corrected chi connectivity index (χ2v) is 5.20. The Bertz CT molecular complexity index is 441. The molecule has 0 bridgehead atoms. The predicted octanol–water partition coefficient (Wildman–Crippen LogP) is -0.218. The number of ether oxygens (including phenoxy) is 1. The zero-order chi connectivity index (χ0) is 12.7. The van der Waals surface area contributed by atoms with E-state index in [0.29, 0.717) is 5.69 Å². The minimum atomic E-state index is -3.47. The number of esters is 1. The van der Waals surface area contributed by atoms with Gasteiger partial charge < -0.3 is 9.72 Å². The number of hydrogen-bond acceptors (Lipinski definition) is 5. The van der Waals surface area contributed by atoms with Gasteiger partial charge in [-0.15, -0.1) is 0 Å². The van der Waals surface area contributed by atoms with E-state index < -0.39 is 16.0 Å². The third-order valence-electron chi connectivity index (χ3n) is 1.92. The van der Waals surface area contributed by atoms with Gasteiger partial charge >= 0.3 is 5.97 Å². The van der Waals surface area contributed by atoms with Crippen LogP contribution in [0, 0.1) is 0 Å². The average molecular weight is 261 g/mol. The van der Waals surface area contributed by atoms with Gasteiger partial charge in [0.25, 0.3) is 0 Å². The van der Waals surface area contributed by atoms with Crippen LogP contribution >= 0.6 is 0 Å². The Kier molecular flexibility index (Phi) is 5.11. The summed E-state index contributed by atoms with van der Waals surface area (Å²) in [6.45, 7) is 2.05. The molecule has 0 saturated heterocycles. The Morgan fingerprint density at radius 3 is 2.94 bits per heavy atom. The van der Waals surface area contributed by atoms with Crippen molar-refractivity contribution >= 4 is 16.0 Å². The van der Waals surface area contributed by atoms with E-state index in [1.807, 2.05) is 0 Å². The third kappa shape index (κ3) is 5.45. The lowest BCUT2D eigenvalue weighted by Crippen LogP contribution is -2.27. The molecule has 1 aromatic rings. The van der Waals surface area contributed by atoms with Gasteiger partial charge in [0.15, 0.2) is 0 Å². The molecule has 0 aromatic carbocycles. The normalized spacial score (nSPS) is 11.4. The van der Waals surface area contributed by atoms with E-state index in [0.717, 1.165) is 0 Å². The van der Waals surface area contributed by atoms with Crippen LogP contribution in [0.15, 0.2) is 12.5 Å². The van der Waals surface area contributed by atoms with Crippen LogP contribution in [0.3, 0.4) is 0 Å². The van der Waals surface area contributed by atoms with Crippen LogP contribution in [0.4, 0.5) is 0 Å². The molecular weight excluding hydrogens is 246 g/mol. The number of aromatic nitrogens is 2. The van der Waals surface area contributed by atoms with Gasteiger partial charge in [0.05, 0.1) is 31.7 Å². The van der Waals surface area contributed by atoms with E-state index in [4.69, 9.17) is 0 Å². The van der Waals surface area contributed by atoms with E-state index >= 15 is 0 Å². The molecular formula is C9H15N3O4S. The highest BCUT2D eigenvalue weighted by Gasteiger charge is 2.13. The van der Waals surface area contributed by atoms with Gasteiger partial charge in [-0.05, 0) is 6.92 Å². The van der Waals surface area contributed by atoms with Crippen molar-refractivity contribution in [3.8, 4) is 0 Å². The van der Waals surface area contributed by atoms with Crippen molar-refractivity contribution in [2.75, 3.05) is 12.4 Å².